The maximum Gasteiger partial charge on any atom is 0.162 e. The lowest BCUT2D eigenvalue weighted by molar-refractivity contribution is 0.245. The number of ether oxygens (including phenoxy) is 1. The topological polar surface area (TPSA) is 60.9 Å². The Morgan fingerprint density at radius 2 is 1.76 bits per heavy atom. The first-order valence-electron chi connectivity index (χ1n) is 11.7. The van der Waals surface area contributed by atoms with Gasteiger partial charge in [0, 0.05) is 57.1 Å². The molecule has 3 aromatic rings. The van der Waals surface area contributed by atoms with Crippen LogP contribution in [0.15, 0.2) is 66.9 Å². The lowest BCUT2D eigenvalue weighted by Gasteiger charge is -2.35. The molecule has 174 valence electrons. The first-order valence-corrected chi connectivity index (χ1v) is 11.7. The van der Waals surface area contributed by atoms with Crippen LogP contribution in [0.4, 0.5) is 5.82 Å². The number of pyridine rings is 1. The molecule has 0 saturated carbocycles. The number of rotatable bonds is 9. The highest BCUT2D eigenvalue weighted by atomic mass is 16.5. The van der Waals surface area contributed by atoms with Gasteiger partial charge < -0.3 is 20.1 Å². The van der Waals surface area contributed by atoms with E-state index in [0.717, 1.165) is 56.1 Å². The Hall–Kier alpha value is -3.09. The van der Waals surface area contributed by atoms with Gasteiger partial charge in [-0.05, 0) is 48.7 Å². The van der Waals surface area contributed by atoms with E-state index in [1.165, 1.54) is 5.56 Å². The number of anilines is 1. The molecule has 6 nitrogen and oxygen atoms in total. The highest BCUT2D eigenvalue weighted by Gasteiger charge is 2.20. The van der Waals surface area contributed by atoms with E-state index in [4.69, 9.17) is 4.74 Å². The highest BCUT2D eigenvalue weighted by molar-refractivity contribution is 5.48. The number of hydrogen-bond donors (Lipinski definition) is 2. The van der Waals surface area contributed by atoms with E-state index >= 15 is 0 Å². The van der Waals surface area contributed by atoms with Crippen LogP contribution in [0.5, 0.6) is 11.5 Å². The van der Waals surface area contributed by atoms with Crippen molar-refractivity contribution in [3.05, 3.63) is 83.6 Å². The van der Waals surface area contributed by atoms with Gasteiger partial charge in [-0.1, -0.05) is 36.4 Å². The predicted octanol–water partition coefficient (Wildman–Crippen LogP) is 3.84. The first-order chi connectivity index (χ1) is 16.1. The molecule has 1 fully saturated rings. The Labute approximate surface area is 196 Å². The van der Waals surface area contributed by atoms with Gasteiger partial charge in [-0.3, -0.25) is 4.90 Å². The van der Waals surface area contributed by atoms with Crippen LogP contribution in [0.2, 0.25) is 0 Å². The van der Waals surface area contributed by atoms with Crippen molar-refractivity contribution in [1.82, 2.24) is 15.2 Å². The maximum absolute atomic E-state index is 10.8. The third kappa shape index (κ3) is 6.24. The first kappa shape index (κ1) is 23.1. The standard InChI is InChI=1S/C27H34N4O2/c1-21(16-22-8-4-3-5-9-22)29-19-23-17-24(27(32)25(18-23)33-2)20-30-12-14-31(15-13-30)26-10-6-7-11-28-26/h3-11,17-18,21,29,32H,12-16,19-20H2,1-2H3. The van der Waals surface area contributed by atoms with E-state index in [0.29, 0.717) is 18.3 Å². The molecule has 2 aromatic carbocycles. The summed E-state index contributed by atoms with van der Waals surface area (Å²) < 4.78 is 5.48. The zero-order chi connectivity index (χ0) is 23.0. The van der Waals surface area contributed by atoms with Gasteiger partial charge in [0.2, 0.25) is 0 Å². The van der Waals surface area contributed by atoms with E-state index in [9.17, 15) is 5.11 Å². The minimum absolute atomic E-state index is 0.241. The summed E-state index contributed by atoms with van der Waals surface area (Å²) in [6.45, 7) is 7.33. The van der Waals surface area contributed by atoms with Gasteiger partial charge in [-0.2, -0.15) is 0 Å². The van der Waals surface area contributed by atoms with E-state index < -0.39 is 0 Å². The molecule has 6 heteroatoms. The monoisotopic (exact) mass is 446 g/mol. The summed E-state index contributed by atoms with van der Waals surface area (Å²) in [6, 6.07) is 20.9. The summed E-state index contributed by atoms with van der Waals surface area (Å²) >= 11 is 0. The molecular formula is C27H34N4O2. The average molecular weight is 447 g/mol. The van der Waals surface area contributed by atoms with Crippen molar-refractivity contribution in [2.75, 3.05) is 38.2 Å². The minimum Gasteiger partial charge on any atom is -0.504 e. The molecule has 33 heavy (non-hydrogen) atoms. The van der Waals surface area contributed by atoms with Crippen LogP contribution < -0.4 is 15.0 Å². The minimum atomic E-state index is 0.241. The molecule has 1 aromatic heterocycles. The van der Waals surface area contributed by atoms with Gasteiger partial charge >= 0.3 is 0 Å². The SMILES string of the molecule is COc1cc(CNC(C)Cc2ccccc2)cc(CN2CCN(c3ccccn3)CC2)c1O. The second-order valence-electron chi connectivity index (χ2n) is 8.73. The van der Waals surface area contributed by atoms with Crippen LogP contribution in [-0.4, -0.2) is 54.3 Å². The maximum atomic E-state index is 10.8. The number of phenols is 1. The summed E-state index contributed by atoms with van der Waals surface area (Å²) in [4.78, 5) is 9.15. The molecule has 0 spiro atoms. The summed E-state index contributed by atoms with van der Waals surface area (Å²) in [7, 11) is 1.61. The fourth-order valence-corrected chi connectivity index (χ4v) is 4.36. The summed E-state index contributed by atoms with van der Waals surface area (Å²) in [5.41, 5.74) is 3.35. The summed E-state index contributed by atoms with van der Waals surface area (Å²) in [5, 5.41) is 14.4. The van der Waals surface area contributed by atoms with Crippen molar-refractivity contribution < 1.29 is 9.84 Å². The molecule has 0 radical (unpaired) electrons. The average Bonchev–Trinajstić information content (AvgIpc) is 2.86. The number of aromatic hydroxyl groups is 1. The molecule has 0 aliphatic carbocycles. The number of methoxy groups -OCH3 is 1. The van der Waals surface area contributed by atoms with Crippen molar-refractivity contribution in [1.29, 1.82) is 0 Å². The van der Waals surface area contributed by atoms with Gasteiger partial charge in [-0.25, -0.2) is 4.98 Å². The van der Waals surface area contributed by atoms with Crippen molar-refractivity contribution in [3.63, 3.8) is 0 Å². The van der Waals surface area contributed by atoms with Gasteiger partial charge in [0.15, 0.2) is 11.5 Å². The number of aromatic nitrogens is 1. The normalized spacial score (nSPS) is 15.4. The van der Waals surface area contributed by atoms with E-state index in [1.807, 2.05) is 30.5 Å². The molecule has 1 aliphatic heterocycles. The molecule has 1 atom stereocenters. The molecule has 4 rings (SSSR count). The van der Waals surface area contributed by atoms with Crippen LogP contribution in [0.3, 0.4) is 0 Å². The largest absolute Gasteiger partial charge is 0.504 e. The van der Waals surface area contributed by atoms with Gasteiger partial charge in [0.1, 0.15) is 5.82 Å². The third-order valence-corrected chi connectivity index (χ3v) is 6.21. The molecule has 2 N–H and O–H groups in total. The van der Waals surface area contributed by atoms with Crippen molar-refractivity contribution in [2.24, 2.45) is 0 Å². The zero-order valence-electron chi connectivity index (χ0n) is 19.6. The summed E-state index contributed by atoms with van der Waals surface area (Å²) in [6.07, 6.45) is 2.82. The number of nitrogens with one attached hydrogen (secondary N) is 1. The molecular weight excluding hydrogens is 412 g/mol. The fraction of sp³-hybridized carbons (Fsp3) is 0.370. The lowest BCUT2D eigenvalue weighted by atomic mass is 10.1. The number of hydrogen-bond acceptors (Lipinski definition) is 6. The van der Waals surface area contributed by atoms with E-state index in [2.05, 4.69) is 63.4 Å². The highest BCUT2D eigenvalue weighted by Crippen LogP contribution is 2.32. The van der Waals surface area contributed by atoms with Crippen LogP contribution >= 0.6 is 0 Å². The number of phenolic OH excluding ortho intramolecular Hbond substituents is 1. The van der Waals surface area contributed by atoms with Gasteiger partial charge in [0.05, 0.1) is 7.11 Å². The van der Waals surface area contributed by atoms with Crippen molar-refractivity contribution in [2.45, 2.75) is 32.5 Å². The smallest absolute Gasteiger partial charge is 0.162 e. The van der Waals surface area contributed by atoms with Crippen LogP contribution in [-0.2, 0) is 19.5 Å². The van der Waals surface area contributed by atoms with Gasteiger partial charge in [0.25, 0.3) is 0 Å². The molecule has 1 saturated heterocycles. The van der Waals surface area contributed by atoms with E-state index in [-0.39, 0.29) is 5.75 Å². The second kappa shape index (κ2) is 11.2. The number of piperazine rings is 1. The molecule has 0 amide bonds. The van der Waals surface area contributed by atoms with Crippen molar-refractivity contribution in [3.8, 4) is 11.5 Å². The lowest BCUT2D eigenvalue weighted by Crippen LogP contribution is -2.46. The Morgan fingerprint density at radius 1 is 1.00 bits per heavy atom. The quantitative estimate of drug-likeness (QED) is 0.521. The second-order valence-corrected chi connectivity index (χ2v) is 8.73. The predicted molar refractivity (Wildman–Crippen MR) is 133 cm³/mol. The summed E-state index contributed by atoms with van der Waals surface area (Å²) in [5.74, 6) is 1.80. The molecule has 1 aliphatic rings. The van der Waals surface area contributed by atoms with Crippen LogP contribution in [0.25, 0.3) is 0 Å². The van der Waals surface area contributed by atoms with Crippen molar-refractivity contribution >= 4 is 5.82 Å². The third-order valence-electron chi connectivity index (χ3n) is 6.21. The van der Waals surface area contributed by atoms with Gasteiger partial charge in [-0.15, -0.1) is 0 Å². The Balaban J connectivity index is 1.36. The molecule has 1 unspecified atom stereocenters. The van der Waals surface area contributed by atoms with E-state index in [1.54, 1.807) is 7.11 Å². The van der Waals surface area contributed by atoms with Crippen LogP contribution in [0.1, 0.15) is 23.6 Å². The fourth-order valence-electron chi connectivity index (χ4n) is 4.36. The number of nitrogens with zero attached hydrogens (tertiary/aromatic N) is 3. The zero-order valence-corrected chi connectivity index (χ0v) is 19.6. The molecule has 0 bridgehead atoms. The Bertz CT molecular complexity index is 1010. The van der Waals surface area contributed by atoms with Crippen LogP contribution in [0, 0.1) is 0 Å². The Morgan fingerprint density at radius 3 is 2.45 bits per heavy atom. The Kier molecular flexibility index (Phi) is 7.81. The number of benzene rings is 2. The molecule has 2 heterocycles.